The van der Waals surface area contributed by atoms with Crippen molar-refractivity contribution in [1.29, 1.82) is 0 Å². The first-order valence-corrected chi connectivity index (χ1v) is 6.76. The monoisotopic (exact) mass is 350 g/mol. The fraction of sp³-hybridized carbons (Fsp3) is 0.600. The zero-order valence-corrected chi connectivity index (χ0v) is 11.8. The summed E-state index contributed by atoms with van der Waals surface area (Å²) in [5.74, 6) is 0.493. The Hall–Kier alpha value is -0.200. The fourth-order valence-corrected chi connectivity index (χ4v) is 2.32. The number of aromatic nitrogens is 2. The van der Waals surface area contributed by atoms with Crippen molar-refractivity contribution in [2.24, 2.45) is 5.92 Å². The van der Waals surface area contributed by atoms with Crippen LogP contribution >= 0.6 is 31.9 Å². The van der Waals surface area contributed by atoms with Gasteiger partial charge in [0, 0.05) is 19.8 Å². The summed E-state index contributed by atoms with van der Waals surface area (Å²) in [5, 5.41) is 4.12. The van der Waals surface area contributed by atoms with Gasteiger partial charge in [-0.25, -0.2) is 4.68 Å². The second-order valence-corrected chi connectivity index (χ2v) is 5.50. The SMILES string of the molecule is O=c1c(Br)c(Br)cnn1CC1CCOCC1. The fourth-order valence-electron chi connectivity index (χ4n) is 1.75. The molecule has 1 aliphatic heterocycles. The number of hydrogen-bond acceptors (Lipinski definition) is 3. The Kier molecular flexibility index (Phi) is 4.16. The van der Waals surface area contributed by atoms with E-state index in [1.54, 1.807) is 6.20 Å². The quantitative estimate of drug-likeness (QED) is 0.820. The van der Waals surface area contributed by atoms with Gasteiger partial charge in [-0.05, 0) is 50.6 Å². The highest BCUT2D eigenvalue weighted by Gasteiger charge is 2.16. The van der Waals surface area contributed by atoms with Crippen molar-refractivity contribution >= 4 is 31.9 Å². The Morgan fingerprint density at radius 2 is 2.12 bits per heavy atom. The van der Waals surface area contributed by atoms with E-state index in [0.29, 0.717) is 21.4 Å². The molecule has 0 radical (unpaired) electrons. The van der Waals surface area contributed by atoms with E-state index in [1.165, 1.54) is 4.68 Å². The van der Waals surface area contributed by atoms with E-state index >= 15 is 0 Å². The van der Waals surface area contributed by atoms with Gasteiger partial charge in [0.2, 0.25) is 0 Å². The molecule has 0 atom stereocenters. The van der Waals surface area contributed by atoms with Crippen molar-refractivity contribution < 1.29 is 4.74 Å². The lowest BCUT2D eigenvalue weighted by Crippen LogP contribution is -2.29. The summed E-state index contributed by atoms with van der Waals surface area (Å²) in [5.41, 5.74) is -0.0825. The third-order valence-electron chi connectivity index (χ3n) is 2.71. The van der Waals surface area contributed by atoms with E-state index in [4.69, 9.17) is 4.74 Å². The Morgan fingerprint density at radius 3 is 2.81 bits per heavy atom. The van der Waals surface area contributed by atoms with Gasteiger partial charge < -0.3 is 4.74 Å². The Labute approximate surface area is 110 Å². The Morgan fingerprint density at radius 1 is 1.44 bits per heavy atom. The van der Waals surface area contributed by atoms with Crippen molar-refractivity contribution in [3.05, 3.63) is 25.5 Å². The van der Waals surface area contributed by atoms with Crippen LogP contribution in [0.1, 0.15) is 12.8 Å². The second-order valence-electron chi connectivity index (χ2n) is 3.85. The number of hydrogen-bond donors (Lipinski definition) is 0. The first kappa shape index (κ1) is 12.3. The average Bonchev–Trinajstić information content (AvgIpc) is 2.31. The van der Waals surface area contributed by atoms with Crippen molar-refractivity contribution in [1.82, 2.24) is 9.78 Å². The highest BCUT2D eigenvalue weighted by molar-refractivity contribution is 9.13. The molecule has 0 saturated carbocycles. The van der Waals surface area contributed by atoms with E-state index in [-0.39, 0.29) is 5.56 Å². The lowest BCUT2D eigenvalue weighted by molar-refractivity contribution is 0.0596. The lowest BCUT2D eigenvalue weighted by Gasteiger charge is -2.22. The zero-order chi connectivity index (χ0) is 11.5. The van der Waals surface area contributed by atoms with Crippen LogP contribution in [0.5, 0.6) is 0 Å². The maximum atomic E-state index is 11.9. The van der Waals surface area contributed by atoms with Crippen LogP contribution < -0.4 is 5.56 Å². The van der Waals surface area contributed by atoms with Gasteiger partial charge in [0.1, 0.15) is 4.47 Å². The minimum Gasteiger partial charge on any atom is -0.381 e. The van der Waals surface area contributed by atoms with Crippen LogP contribution in [0.15, 0.2) is 19.9 Å². The normalized spacial score (nSPS) is 17.6. The molecule has 1 aromatic rings. The molecule has 2 heterocycles. The minimum atomic E-state index is -0.0825. The molecule has 88 valence electrons. The first-order valence-electron chi connectivity index (χ1n) is 5.17. The third kappa shape index (κ3) is 2.73. The topological polar surface area (TPSA) is 44.1 Å². The molecular weight excluding hydrogens is 340 g/mol. The molecule has 1 aromatic heterocycles. The smallest absolute Gasteiger partial charge is 0.282 e. The molecule has 1 aliphatic rings. The second kappa shape index (κ2) is 5.42. The van der Waals surface area contributed by atoms with Crippen LogP contribution in [0.2, 0.25) is 0 Å². The van der Waals surface area contributed by atoms with Gasteiger partial charge in [-0.2, -0.15) is 5.10 Å². The molecule has 0 aliphatic carbocycles. The van der Waals surface area contributed by atoms with Crippen LogP contribution in [0.25, 0.3) is 0 Å². The van der Waals surface area contributed by atoms with Gasteiger partial charge in [0.05, 0.1) is 10.7 Å². The van der Waals surface area contributed by atoms with Crippen molar-refractivity contribution in [3.8, 4) is 0 Å². The largest absolute Gasteiger partial charge is 0.381 e. The minimum absolute atomic E-state index is 0.0825. The molecule has 0 amide bonds. The van der Waals surface area contributed by atoms with E-state index in [1.807, 2.05) is 0 Å². The van der Waals surface area contributed by atoms with Crippen molar-refractivity contribution in [2.45, 2.75) is 19.4 Å². The molecule has 0 spiro atoms. The molecule has 2 rings (SSSR count). The number of ether oxygens (including phenoxy) is 1. The van der Waals surface area contributed by atoms with E-state index in [9.17, 15) is 4.79 Å². The summed E-state index contributed by atoms with van der Waals surface area (Å²) in [6.45, 7) is 2.25. The maximum Gasteiger partial charge on any atom is 0.282 e. The number of rotatable bonds is 2. The highest BCUT2D eigenvalue weighted by Crippen LogP contribution is 2.19. The van der Waals surface area contributed by atoms with Crippen LogP contribution in [0.4, 0.5) is 0 Å². The zero-order valence-electron chi connectivity index (χ0n) is 8.66. The molecule has 16 heavy (non-hydrogen) atoms. The molecule has 0 aromatic carbocycles. The number of nitrogens with zero attached hydrogens (tertiary/aromatic N) is 2. The molecule has 6 heteroatoms. The summed E-state index contributed by atoms with van der Waals surface area (Å²) in [7, 11) is 0. The molecule has 1 fully saturated rings. The van der Waals surface area contributed by atoms with Crippen molar-refractivity contribution in [2.75, 3.05) is 13.2 Å². The van der Waals surface area contributed by atoms with Gasteiger partial charge in [-0.15, -0.1) is 0 Å². The average molecular weight is 352 g/mol. The lowest BCUT2D eigenvalue weighted by atomic mass is 10.0. The van der Waals surface area contributed by atoms with E-state index in [0.717, 1.165) is 26.1 Å². The predicted octanol–water partition coefficient (Wildman–Crippen LogP) is 2.19. The maximum absolute atomic E-state index is 11.9. The summed E-state index contributed by atoms with van der Waals surface area (Å²) in [6, 6.07) is 0. The Bertz CT molecular complexity index is 427. The van der Waals surface area contributed by atoms with Gasteiger partial charge in [0.25, 0.3) is 5.56 Å². The standard InChI is InChI=1S/C10H12Br2N2O2/c11-8-5-13-14(10(15)9(8)12)6-7-1-3-16-4-2-7/h5,7H,1-4,6H2. The van der Waals surface area contributed by atoms with Gasteiger partial charge in [-0.1, -0.05) is 0 Å². The molecular formula is C10H12Br2N2O2. The number of halogens is 2. The third-order valence-corrected chi connectivity index (χ3v) is 4.61. The van der Waals surface area contributed by atoms with Gasteiger partial charge >= 0.3 is 0 Å². The molecule has 0 N–H and O–H groups in total. The van der Waals surface area contributed by atoms with E-state index < -0.39 is 0 Å². The molecule has 0 bridgehead atoms. The van der Waals surface area contributed by atoms with Crippen LogP contribution in [0.3, 0.4) is 0 Å². The summed E-state index contributed by atoms with van der Waals surface area (Å²) in [6.07, 6.45) is 3.65. The van der Waals surface area contributed by atoms with Crippen molar-refractivity contribution in [3.63, 3.8) is 0 Å². The predicted molar refractivity (Wildman–Crippen MR) is 67.4 cm³/mol. The van der Waals surface area contributed by atoms with Gasteiger partial charge in [0.15, 0.2) is 0 Å². The summed E-state index contributed by atoms with van der Waals surface area (Å²) in [4.78, 5) is 11.9. The summed E-state index contributed by atoms with van der Waals surface area (Å²) < 4.78 is 8.04. The van der Waals surface area contributed by atoms with Crippen LogP contribution in [-0.4, -0.2) is 23.0 Å². The van der Waals surface area contributed by atoms with Gasteiger partial charge in [-0.3, -0.25) is 4.79 Å². The first-order chi connectivity index (χ1) is 7.68. The summed E-state index contributed by atoms with van der Waals surface area (Å²) >= 11 is 6.51. The Balaban J connectivity index is 2.15. The molecule has 1 saturated heterocycles. The van der Waals surface area contributed by atoms with Crippen LogP contribution in [-0.2, 0) is 11.3 Å². The van der Waals surface area contributed by atoms with Crippen LogP contribution in [0, 0.1) is 5.92 Å². The molecule has 0 unspecified atom stereocenters. The molecule has 4 nitrogen and oxygen atoms in total. The highest BCUT2D eigenvalue weighted by atomic mass is 79.9. The van der Waals surface area contributed by atoms with E-state index in [2.05, 4.69) is 37.0 Å².